The van der Waals surface area contributed by atoms with Gasteiger partial charge in [-0.25, -0.2) is 0 Å². The molecule has 0 unspecified atom stereocenters. The van der Waals surface area contributed by atoms with Gasteiger partial charge in [0.2, 0.25) is 7.28 Å². The van der Waals surface area contributed by atoms with Crippen LogP contribution in [-0.2, 0) is 19.0 Å². The number of hydrogen-bond acceptors (Lipinski definition) is 1. The minimum Gasteiger partial charge on any atom is -0.345 e. The van der Waals surface area contributed by atoms with Crippen molar-refractivity contribution in [2.24, 2.45) is 0 Å². The van der Waals surface area contributed by atoms with E-state index in [0.717, 1.165) is 24.7 Å². The maximum atomic E-state index is 4.97. The lowest BCUT2D eigenvalue weighted by atomic mass is 9.58. The average molecular weight is 574 g/mol. The summed E-state index contributed by atoms with van der Waals surface area (Å²) in [7, 11) is -0.215. The first-order valence-corrected chi connectivity index (χ1v) is 17.6. The number of imidazole rings is 1. The molecule has 0 spiro atoms. The van der Waals surface area contributed by atoms with Crippen LogP contribution in [0.2, 0.25) is 0 Å². The summed E-state index contributed by atoms with van der Waals surface area (Å²) in [6.07, 6.45) is 7.04. The Labute approximate surface area is 258 Å². The molecule has 0 saturated carbocycles. The van der Waals surface area contributed by atoms with E-state index in [1.807, 2.05) is 6.20 Å². The monoisotopic (exact) mass is 573 g/mol. The zero-order valence-corrected chi connectivity index (χ0v) is 26.1. The van der Waals surface area contributed by atoms with Crippen LogP contribution in [0.5, 0.6) is 0 Å². The van der Waals surface area contributed by atoms with Gasteiger partial charge in [0.1, 0.15) is 0 Å². The van der Waals surface area contributed by atoms with E-state index in [-0.39, 0.29) is 5.82 Å². The van der Waals surface area contributed by atoms with Crippen LogP contribution < -0.4 is 21.3 Å². The standard InChI is InChI=1S/C39H38BN2Si/c1-3-31-16-14-24-36(28-31)43(35-22-12-7-13-23-35,37-25-15-17-32(4-2)29-37)30-42-27-26-41-39(42)40-38(33-18-8-5-9-19-33)34-20-10-6-11-21-34/h5-29,38H,3-4,30H2,1-2H3. The van der Waals surface area contributed by atoms with Crippen molar-refractivity contribution < 1.29 is 0 Å². The van der Waals surface area contributed by atoms with E-state index in [1.54, 1.807) is 0 Å². The highest BCUT2D eigenvalue weighted by Gasteiger charge is 2.40. The van der Waals surface area contributed by atoms with E-state index in [2.05, 4.69) is 171 Å². The molecule has 6 aromatic rings. The average Bonchev–Trinajstić information content (AvgIpc) is 3.53. The largest absolute Gasteiger partial charge is 0.345 e. The lowest BCUT2D eigenvalue weighted by molar-refractivity contribution is 0.889. The van der Waals surface area contributed by atoms with Crippen molar-refractivity contribution >= 4 is 36.6 Å². The molecule has 5 aromatic carbocycles. The number of benzene rings is 5. The van der Waals surface area contributed by atoms with Crippen LogP contribution in [0.1, 0.15) is 41.9 Å². The molecule has 4 heteroatoms. The van der Waals surface area contributed by atoms with Crippen molar-refractivity contribution in [2.75, 3.05) is 0 Å². The predicted octanol–water partition coefficient (Wildman–Crippen LogP) is 5.84. The quantitative estimate of drug-likeness (QED) is 0.141. The first-order chi connectivity index (χ1) is 21.2. The Morgan fingerprint density at radius 1 is 0.605 bits per heavy atom. The third kappa shape index (κ3) is 6.07. The van der Waals surface area contributed by atoms with Gasteiger partial charge in [-0.15, -0.1) is 0 Å². The molecule has 211 valence electrons. The molecule has 0 atom stereocenters. The van der Waals surface area contributed by atoms with Crippen LogP contribution in [-0.4, -0.2) is 24.9 Å². The van der Waals surface area contributed by atoms with Crippen LogP contribution >= 0.6 is 0 Å². The summed E-state index contributed by atoms with van der Waals surface area (Å²) in [5.41, 5.74) is 6.29. The van der Waals surface area contributed by atoms with Gasteiger partial charge in [0, 0.05) is 18.6 Å². The molecule has 1 radical (unpaired) electrons. The van der Waals surface area contributed by atoms with Crippen LogP contribution in [0.3, 0.4) is 0 Å². The highest BCUT2D eigenvalue weighted by atomic mass is 28.3. The number of nitrogens with zero attached hydrogens (tertiary/aromatic N) is 2. The fraction of sp³-hybridized carbons (Fsp3) is 0.154. The Kier molecular flexibility index (Phi) is 8.86. The van der Waals surface area contributed by atoms with Crippen molar-refractivity contribution in [1.82, 2.24) is 9.55 Å². The van der Waals surface area contributed by atoms with E-state index in [4.69, 9.17) is 4.98 Å². The van der Waals surface area contributed by atoms with Crippen molar-refractivity contribution in [1.29, 1.82) is 0 Å². The molecule has 0 bridgehead atoms. The molecule has 43 heavy (non-hydrogen) atoms. The van der Waals surface area contributed by atoms with Gasteiger partial charge in [0.25, 0.3) is 0 Å². The third-order valence-electron chi connectivity index (χ3n) is 8.71. The minimum absolute atomic E-state index is 0.100. The Morgan fingerprint density at radius 3 is 1.60 bits per heavy atom. The van der Waals surface area contributed by atoms with Gasteiger partial charge in [0.15, 0.2) is 8.07 Å². The van der Waals surface area contributed by atoms with Gasteiger partial charge < -0.3 is 4.57 Å². The Hall–Kier alpha value is -4.41. The highest BCUT2D eigenvalue weighted by Crippen LogP contribution is 2.23. The van der Waals surface area contributed by atoms with E-state index in [1.165, 1.54) is 37.8 Å². The van der Waals surface area contributed by atoms with Gasteiger partial charge in [-0.1, -0.05) is 153 Å². The van der Waals surface area contributed by atoms with E-state index >= 15 is 0 Å². The van der Waals surface area contributed by atoms with E-state index < -0.39 is 8.07 Å². The normalized spacial score (nSPS) is 11.5. The first kappa shape index (κ1) is 28.7. The van der Waals surface area contributed by atoms with Gasteiger partial charge in [-0.05, 0) is 56.5 Å². The fourth-order valence-corrected chi connectivity index (χ4v) is 11.0. The number of aromatic nitrogens is 2. The third-order valence-corrected chi connectivity index (χ3v) is 13.4. The Balaban J connectivity index is 1.52. The maximum absolute atomic E-state index is 4.97. The van der Waals surface area contributed by atoms with Gasteiger partial charge in [-0.3, -0.25) is 4.98 Å². The lowest BCUT2D eigenvalue weighted by Gasteiger charge is -2.35. The second kappa shape index (κ2) is 13.3. The maximum Gasteiger partial charge on any atom is 0.215 e. The Morgan fingerprint density at radius 2 is 1.09 bits per heavy atom. The molecule has 6 rings (SSSR count). The number of rotatable bonds is 11. The summed E-state index contributed by atoms with van der Waals surface area (Å²) in [5.74, 6) is 0.100. The second-order valence-electron chi connectivity index (χ2n) is 11.3. The molecule has 0 amide bonds. The Bertz CT molecular complexity index is 1660. The lowest BCUT2D eigenvalue weighted by Crippen LogP contribution is -2.70. The molecule has 0 N–H and O–H groups in total. The summed E-state index contributed by atoms with van der Waals surface area (Å²) >= 11 is 0. The second-order valence-corrected chi connectivity index (χ2v) is 15.1. The smallest absolute Gasteiger partial charge is 0.215 e. The van der Waals surface area contributed by atoms with Crippen LogP contribution in [0.4, 0.5) is 0 Å². The van der Waals surface area contributed by atoms with E-state index in [9.17, 15) is 0 Å². The van der Waals surface area contributed by atoms with Crippen molar-refractivity contribution in [3.8, 4) is 0 Å². The van der Waals surface area contributed by atoms with Crippen molar-refractivity contribution in [2.45, 2.75) is 38.7 Å². The van der Waals surface area contributed by atoms with Crippen molar-refractivity contribution in [3.63, 3.8) is 0 Å². The van der Waals surface area contributed by atoms with Gasteiger partial charge in [0.05, 0.1) is 5.72 Å². The van der Waals surface area contributed by atoms with Crippen LogP contribution in [0.25, 0.3) is 0 Å². The SMILES string of the molecule is CCc1cccc([Si](Cn2ccnc2[B]C(c2ccccc2)c2ccccc2)(c2ccccc2)c2cccc(CC)c2)c1. The molecule has 0 saturated heterocycles. The molecular formula is C39H38BN2Si. The van der Waals surface area contributed by atoms with Crippen LogP contribution in [0.15, 0.2) is 152 Å². The zero-order chi connectivity index (χ0) is 29.5. The molecule has 1 heterocycles. The van der Waals surface area contributed by atoms with Gasteiger partial charge in [-0.2, -0.15) is 0 Å². The molecule has 2 nitrogen and oxygen atoms in total. The molecule has 0 aliphatic heterocycles. The first-order valence-electron chi connectivity index (χ1n) is 15.4. The summed E-state index contributed by atoms with van der Waals surface area (Å²) in [6.45, 7) is 4.50. The molecule has 1 aromatic heterocycles. The van der Waals surface area contributed by atoms with Crippen molar-refractivity contribution in [3.05, 3.63) is 174 Å². The summed E-state index contributed by atoms with van der Waals surface area (Å²) < 4.78 is 2.41. The molecule has 0 fully saturated rings. The number of aryl methyl sites for hydroxylation is 2. The van der Waals surface area contributed by atoms with E-state index in [0.29, 0.717) is 0 Å². The summed E-state index contributed by atoms with van der Waals surface area (Å²) in [6, 6.07) is 51.5. The highest BCUT2D eigenvalue weighted by molar-refractivity contribution is 7.10. The molecule has 0 aliphatic carbocycles. The summed E-state index contributed by atoms with van der Waals surface area (Å²) in [5, 5.41) is 4.29. The summed E-state index contributed by atoms with van der Waals surface area (Å²) in [4.78, 5) is 4.97. The number of hydrogen-bond donors (Lipinski definition) is 0. The fourth-order valence-electron chi connectivity index (χ4n) is 6.33. The van der Waals surface area contributed by atoms with Gasteiger partial charge >= 0.3 is 0 Å². The molecule has 0 aliphatic rings. The minimum atomic E-state index is -2.56. The molecular weight excluding hydrogens is 535 g/mol. The van der Waals surface area contributed by atoms with Crippen LogP contribution in [0, 0.1) is 0 Å². The predicted molar refractivity (Wildman–Crippen MR) is 185 cm³/mol. The zero-order valence-electron chi connectivity index (χ0n) is 25.1. The topological polar surface area (TPSA) is 17.8 Å².